The minimum Gasteiger partial charge on any atom is -0.334 e. The van der Waals surface area contributed by atoms with Gasteiger partial charge in [-0.1, -0.05) is 189 Å². The van der Waals surface area contributed by atoms with Crippen molar-refractivity contribution in [3.05, 3.63) is 241 Å². The number of para-hydroxylation sites is 8. The molecule has 0 saturated heterocycles. The zero-order valence-electron chi connectivity index (χ0n) is 46.0. The number of hydrogen-bond donors (Lipinski definition) is 0. The van der Waals surface area contributed by atoms with Crippen LogP contribution in [0.2, 0.25) is 0 Å². The summed E-state index contributed by atoms with van der Waals surface area (Å²) in [6.07, 6.45) is 3.84. The fourth-order valence-electron chi connectivity index (χ4n) is 13.0. The van der Waals surface area contributed by atoms with Gasteiger partial charge in [0.15, 0.2) is 0 Å². The fourth-order valence-corrected chi connectivity index (χ4v) is 13.0. The molecule has 0 atom stereocenters. The molecular formula is C73H62CuN5+. The van der Waals surface area contributed by atoms with Crippen LogP contribution in [-0.2, 0) is 17.1 Å². The van der Waals surface area contributed by atoms with Crippen LogP contribution in [-0.4, -0.2) is 18.1 Å². The first-order valence-corrected chi connectivity index (χ1v) is 27.9. The van der Waals surface area contributed by atoms with Crippen molar-refractivity contribution < 1.29 is 21.6 Å². The molecule has 1 radical (unpaired) electrons. The monoisotopic (exact) mass is 1070 g/mol. The SMILES string of the molecule is CC(C)c1cccc(C(C)C)c1-n1[c-][n+](-c2c(C(C)C)cccc2C(C)C)c2ccccc21.[Cu+2].[c-]1cc2c3cc(-n4c5ccccc5c5ccccc54)ccc3n3c4ccc(-n5c6ccccc6c6ccccc65)cc4c(c1)c23. The zero-order valence-corrected chi connectivity index (χ0v) is 46.9. The van der Waals surface area contributed by atoms with Crippen LogP contribution in [0, 0.1) is 12.4 Å². The molecule has 0 unspecified atom stereocenters. The molecule has 0 bridgehead atoms. The number of rotatable bonds is 8. The van der Waals surface area contributed by atoms with Gasteiger partial charge in [0.1, 0.15) is 0 Å². The Kier molecular flexibility index (Phi) is 12.4. The van der Waals surface area contributed by atoms with Crippen LogP contribution in [0.1, 0.15) is 101 Å². The summed E-state index contributed by atoms with van der Waals surface area (Å²) in [4.78, 5) is 0. The van der Waals surface area contributed by atoms with E-state index in [0.717, 1.165) is 0 Å². The second kappa shape index (κ2) is 19.5. The first kappa shape index (κ1) is 50.1. The van der Waals surface area contributed by atoms with Gasteiger partial charge in [0.25, 0.3) is 6.33 Å². The van der Waals surface area contributed by atoms with Gasteiger partial charge in [-0.25, -0.2) is 0 Å². The molecule has 5 aromatic heterocycles. The van der Waals surface area contributed by atoms with Crippen molar-refractivity contribution in [2.45, 2.75) is 79.1 Å². The molecule has 0 saturated carbocycles. The molecule has 5 nitrogen and oxygen atoms in total. The maximum atomic E-state index is 3.84. The van der Waals surface area contributed by atoms with Crippen molar-refractivity contribution in [3.8, 4) is 22.7 Å². The molecule has 0 aliphatic heterocycles. The molecular weight excluding hydrogens is 1010 g/mol. The van der Waals surface area contributed by atoms with Crippen LogP contribution in [0.25, 0.3) is 115 Å². The normalized spacial score (nSPS) is 12.2. The van der Waals surface area contributed by atoms with E-state index in [9.17, 15) is 0 Å². The van der Waals surface area contributed by atoms with Crippen molar-refractivity contribution in [1.29, 1.82) is 0 Å². The Bertz CT molecular complexity index is 4370. The Morgan fingerprint density at radius 2 is 0.734 bits per heavy atom. The quantitative estimate of drug-likeness (QED) is 0.0822. The van der Waals surface area contributed by atoms with E-state index in [1.54, 1.807) is 0 Å². The van der Waals surface area contributed by atoms with E-state index in [2.05, 4.69) is 297 Å². The summed E-state index contributed by atoms with van der Waals surface area (Å²) in [5, 5.41) is 10.1. The Balaban J connectivity index is 0.000000156. The van der Waals surface area contributed by atoms with Crippen LogP contribution < -0.4 is 4.57 Å². The molecule has 0 aliphatic carbocycles. The van der Waals surface area contributed by atoms with Gasteiger partial charge in [0, 0.05) is 44.0 Å². The Morgan fingerprint density at radius 1 is 0.354 bits per heavy atom. The predicted molar refractivity (Wildman–Crippen MR) is 329 cm³/mol. The summed E-state index contributed by atoms with van der Waals surface area (Å²) >= 11 is 0. The van der Waals surface area contributed by atoms with Crippen molar-refractivity contribution in [2.24, 2.45) is 0 Å². The molecule has 15 aromatic rings. The molecule has 6 heteroatoms. The van der Waals surface area contributed by atoms with Crippen LogP contribution in [0.3, 0.4) is 0 Å². The van der Waals surface area contributed by atoms with E-state index >= 15 is 0 Å². The summed E-state index contributed by atoms with van der Waals surface area (Å²) in [5.41, 5.74) is 21.4. The van der Waals surface area contributed by atoms with E-state index < -0.39 is 0 Å². The molecule has 0 amide bonds. The predicted octanol–water partition coefficient (Wildman–Crippen LogP) is 19.0. The van der Waals surface area contributed by atoms with Crippen molar-refractivity contribution >= 4 is 92.7 Å². The fraction of sp³-hybridized carbons (Fsp3) is 0.164. The van der Waals surface area contributed by atoms with Crippen LogP contribution >= 0.6 is 0 Å². The summed E-state index contributed by atoms with van der Waals surface area (Å²) in [6, 6.07) is 78.8. The number of imidazole rings is 1. The molecule has 0 N–H and O–H groups in total. The number of hydrogen-bond acceptors (Lipinski definition) is 0. The Hall–Kier alpha value is -8.41. The topological polar surface area (TPSA) is 23.1 Å². The smallest absolute Gasteiger partial charge is 0.334 e. The van der Waals surface area contributed by atoms with Gasteiger partial charge in [-0.3, -0.25) is 9.13 Å². The third kappa shape index (κ3) is 7.75. The Morgan fingerprint density at radius 3 is 1.15 bits per heavy atom. The van der Waals surface area contributed by atoms with Crippen LogP contribution in [0.15, 0.2) is 206 Å². The standard InChI is InChI=1S/C42H24N3.C31H38N2.Cu/c1-5-16-36-28(10-1)29-11-2-6-17-37(29)43(36)26-20-22-40-34(24-26)32-14-9-15-33-35-25-27(21-23-41(35)45(40)42(32)33)44-38-18-7-3-12-30(38)31-13-4-8-19-39(31)44;1-20(2)24-13-11-14-25(21(3)4)30(24)32-19-33(29-18-10-9-17-28(29)32)31-26(22(5)6)15-12-16-27(31)23(7)8;/h1-8,10-25H;9-18,20-23H,1-8H3;/q-1;;+2. The van der Waals surface area contributed by atoms with Gasteiger partial charge >= 0.3 is 17.1 Å². The number of nitrogens with zero attached hydrogens (tertiary/aromatic N) is 5. The van der Waals surface area contributed by atoms with E-state index in [0.29, 0.717) is 23.7 Å². The minimum absolute atomic E-state index is 0. The summed E-state index contributed by atoms with van der Waals surface area (Å²) < 4.78 is 11.9. The first-order valence-electron chi connectivity index (χ1n) is 27.9. The summed E-state index contributed by atoms with van der Waals surface area (Å²) in [5.74, 6) is 1.71. The summed E-state index contributed by atoms with van der Waals surface area (Å²) in [6.45, 7) is 18.3. The molecule has 5 heterocycles. The van der Waals surface area contributed by atoms with Crippen molar-refractivity contribution in [3.63, 3.8) is 0 Å². The molecule has 15 rings (SSSR count). The maximum absolute atomic E-state index is 3.84. The molecule has 0 aliphatic rings. The average molecular weight is 1070 g/mol. The van der Waals surface area contributed by atoms with Gasteiger partial charge in [0.05, 0.1) is 44.5 Å². The van der Waals surface area contributed by atoms with E-state index in [-0.39, 0.29) is 17.1 Å². The first-order chi connectivity index (χ1) is 38.1. The molecule has 0 fully saturated rings. The van der Waals surface area contributed by atoms with E-state index in [1.165, 1.54) is 138 Å². The minimum atomic E-state index is 0. The van der Waals surface area contributed by atoms with Gasteiger partial charge in [-0.15, -0.1) is 10.8 Å². The largest absolute Gasteiger partial charge is 2.00 e. The van der Waals surface area contributed by atoms with Crippen LogP contribution in [0.5, 0.6) is 0 Å². The number of benzene rings is 10. The molecule has 79 heavy (non-hydrogen) atoms. The van der Waals surface area contributed by atoms with E-state index in [1.807, 2.05) is 0 Å². The molecule has 389 valence electrons. The van der Waals surface area contributed by atoms with Gasteiger partial charge in [-0.05, 0) is 123 Å². The molecule has 0 spiro atoms. The number of aromatic nitrogens is 5. The molecule has 10 aromatic carbocycles. The van der Waals surface area contributed by atoms with Crippen LogP contribution in [0.4, 0.5) is 0 Å². The van der Waals surface area contributed by atoms with Crippen molar-refractivity contribution in [1.82, 2.24) is 18.1 Å². The second-order valence-electron chi connectivity index (χ2n) is 22.6. The van der Waals surface area contributed by atoms with Gasteiger partial charge in [-0.2, -0.15) is 18.2 Å². The maximum Gasteiger partial charge on any atom is 2.00 e. The zero-order chi connectivity index (χ0) is 53.1. The number of fused-ring (bicyclic) bond motifs is 13. The van der Waals surface area contributed by atoms with Gasteiger partial charge < -0.3 is 13.5 Å². The Labute approximate surface area is 472 Å². The van der Waals surface area contributed by atoms with Crippen molar-refractivity contribution in [2.75, 3.05) is 0 Å². The average Bonchev–Trinajstić information content (AvgIpc) is 3.63. The van der Waals surface area contributed by atoms with E-state index in [4.69, 9.17) is 0 Å². The van der Waals surface area contributed by atoms with Gasteiger partial charge in [0.2, 0.25) is 0 Å². The third-order valence-corrected chi connectivity index (χ3v) is 16.6. The second-order valence-corrected chi connectivity index (χ2v) is 22.6. The third-order valence-electron chi connectivity index (χ3n) is 16.6. The summed E-state index contributed by atoms with van der Waals surface area (Å²) in [7, 11) is 0.